The van der Waals surface area contributed by atoms with Gasteiger partial charge in [-0.3, -0.25) is 0 Å². The second-order valence-electron chi connectivity index (χ2n) is 3.22. The van der Waals surface area contributed by atoms with E-state index < -0.39 is 0 Å². The molecule has 0 unspecified atom stereocenters. The number of benzene rings is 1. The third kappa shape index (κ3) is 1.70. The number of anilines is 1. The first kappa shape index (κ1) is 9.71. The molecule has 2 rings (SSSR count). The molecule has 0 amide bonds. The molecule has 0 atom stereocenters. The van der Waals surface area contributed by atoms with Crippen molar-refractivity contribution in [1.82, 2.24) is 5.16 Å². The summed E-state index contributed by atoms with van der Waals surface area (Å²) in [4.78, 5) is 0. The van der Waals surface area contributed by atoms with Crippen molar-refractivity contribution in [2.24, 2.45) is 0 Å². The molecule has 1 aromatic heterocycles. The van der Waals surface area contributed by atoms with Crippen molar-refractivity contribution >= 4 is 5.69 Å². The maximum absolute atomic E-state index is 13.0. The molecule has 3 nitrogen and oxygen atoms in total. The molecule has 78 valence electrons. The van der Waals surface area contributed by atoms with Crippen LogP contribution in [0.1, 0.15) is 5.76 Å². The van der Waals surface area contributed by atoms with Gasteiger partial charge in [0.1, 0.15) is 17.2 Å². The average Bonchev–Trinajstić information content (AvgIpc) is 2.59. The zero-order chi connectivity index (χ0) is 10.8. The molecule has 1 heterocycles. The van der Waals surface area contributed by atoms with Crippen LogP contribution in [-0.4, -0.2) is 12.2 Å². The maximum atomic E-state index is 13.0. The van der Waals surface area contributed by atoms with Crippen molar-refractivity contribution in [2.75, 3.05) is 12.4 Å². The number of hydrogen-bond acceptors (Lipinski definition) is 3. The van der Waals surface area contributed by atoms with E-state index in [1.165, 1.54) is 12.1 Å². The maximum Gasteiger partial charge on any atom is 0.157 e. The summed E-state index contributed by atoms with van der Waals surface area (Å²) in [6.07, 6.45) is 0. The Labute approximate surface area is 86.9 Å². The minimum absolute atomic E-state index is 0.282. The lowest BCUT2D eigenvalue weighted by molar-refractivity contribution is 0.400. The Kier molecular flexibility index (Phi) is 2.41. The van der Waals surface area contributed by atoms with Crippen LogP contribution in [0.5, 0.6) is 0 Å². The molecule has 1 aromatic carbocycles. The van der Waals surface area contributed by atoms with Gasteiger partial charge in [-0.05, 0) is 19.1 Å². The summed E-state index contributed by atoms with van der Waals surface area (Å²) in [6.45, 7) is 1.81. The van der Waals surface area contributed by atoms with Gasteiger partial charge in [0.05, 0.1) is 0 Å². The number of aromatic nitrogens is 1. The van der Waals surface area contributed by atoms with Crippen molar-refractivity contribution in [2.45, 2.75) is 6.92 Å². The topological polar surface area (TPSA) is 38.1 Å². The van der Waals surface area contributed by atoms with Gasteiger partial charge < -0.3 is 9.84 Å². The Morgan fingerprint density at radius 1 is 1.40 bits per heavy atom. The van der Waals surface area contributed by atoms with Crippen LogP contribution in [0.4, 0.5) is 10.1 Å². The van der Waals surface area contributed by atoms with E-state index in [1.54, 1.807) is 19.2 Å². The Morgan fingerprint density at radius 2 is 2.20 bits per heavy atom. The zero-order valence-corrected chi connectivity index (χ0v) is 8.54. The molecule has 0 spiro atoms. The molecule has 1 N–H and O–H groups in total. The third-order valence-electron chi connectivity index (χ3n) is 2.21. The summed E-state index contributed by atoms with van der Waals surface area (Å²) in [5.41, 5.74) is 2.13. The van der Waals surface area contributed by atoms with E-state index in [2.05, 4.69) is 10.5 Å². The van der Waals surface area contributed by atoms with Crippen LogP contribution in [0.25, 0.3) is 11.3 Å². The van der Waals surface area contributed by atoms with Crippen LogP contribution in [0.3, 0.4) is 0 Å². The van der Waals surface area contributed by atoms with Crippen molar-refractivity contribution in [3.05, 3.63) is 35.8 Å². The van der Waals surface area contributed by atoms with Gasteiger partial charge in [-0.15, -0.1) is 0 Å². The Morgan fingerprint density at radius 3 is 2.87 bits per heavy atom. The Bertz CT molecular complexity index is 479. The summed E-state index contributed by atoms with van der Waals surface area (Å²) >= 11 is 0. The van der Waals surface area contributed by atoms with Gasteiger partial charge in [0.2, 0.25) is 0 Å². The van der Waals surface area contributed by atoms with Crippen LogP contribution in [-0.2, 0) is 0 Å². The number of hydrogen-bond donors (Lipinski definition) is 1. The summed E-state index contributed by atoms with van der Waals surface area (Å²) in [5, 5.41) is 6.88. The fourth-order valence-corrected chi connectivity index (χ4v) is 1.50. The van der Waals surface area contributed by atoms with Crippen LogP contribution in [0.15, 0.2) is 28.8 Å². The van der Waals surface area contributed by atoms with Crippen LogP contribution >= 0.6 is 0 Å². The van der Waals surface area contributed by atoms with Gasteiger partial charge in [-0.1, -0.05) is 17.3 Å². The molecule has 0 radical (unpaired) electrons. The minimum Gasteiger partial charge on any atom is -0.383 e. The van der Waals surface area contributed by atoms with Crippen LogP contribution < -0.4 is 5.32 Å². The SMILES string of the molecule is CNc1c(-c2cccc(F)c2)noc1C. The summed E-state index contributed by atoms with van der Waals surface area (Å²) < 4.78 is 18.1. The van der Waals surface area contributed by atoms with Gasteiger partial charge >= 0.3 is 0 Å². The van der Waals surface area contributed by atoms with E-state index >= 15 is 0 Å². The Hall–Kier alpha value is -1.84. The lowest BCUT2D eigenvalue weighted by Gasteiger charge is -2.00. The molecule has 2 aromatic rings. The molecule has 0 bridgehead atoms. The number of nitrogens with zero attached hydrogens (tertiary/aromatic N) is 1. The van der Waals surface area contributed by atoms with E-state index in [9.17, 15) is 4.39 Å². The lowest BCUT2D eigenvalue weighted by Crippen LogP contribution is -1.91. The van der Waals surface area contributed by atoms with Crippen molar-refractivity contribution in [3.63, 3.8) is 0 Å². The van der Waals surface area contributed by atoms with E-state index in [4.69, 9.17) is 4.52 Å². The standard InChI is InChI=1S/C11H11FN2O/c1-7-10(13-2)11(14-15-7)8-4-3-5-9(12)6-8/h3-6,13H,1-2H3. The fraction of sp³-hybridized carbons (Fsp3) is 0.182. The summed E-state index contributed by atoms with van der Waals surface area (Å²) in [6, 6.07) is 6.27. The number of aryl methyl sites for hydroxylation is 1. The van der Waals surface area contributed by atoms with Crippen molar-refractivity contribution in [3.8, 4) is 11.3 Å². The minimum atomic E-state index is -0.282. The lowest BCUT2D eigenvalue weighted by atomic mass is 10.1. The quantitative estimate of drug-likeness (QED) is 0.821. The molecule has 0 aliphatic carbocycles. The van der Waals surface area contributed by atoms with Gasteiger partial charge in [-0.2, -0.15) is 0 Å². The largest absolute Gasteiger partial charge is 0.383 e. The highest BCUT2D eigenvalue weighted by atomic mass is 19.1. The molecule has 0 fully saturated rings. The molecule has 15 heavy (non-hydrogen) atoms. The summed E-state index contributed by atoms with van der Waals surface area (Å²) in [5.74, 6) is 0.409. The first-order chi connectivity index (χ1) is 7.22. The zero-order valence-electron chi connectivity index (χ0n) is 8.54. The second-order valence-corrected chi connectivity index (χ2v) is 3.22. The first-order valence-electron chi connectivity index (χ1n) is 4.62. The van der Waals surface area contributed by atoms with Crippen LogP contribution in [0.2, 0.25) is 0 Å². The predicted octanol–water partition coefficient (Wildman–Crippen LogP) is 2.83. The molecular weight excluding hydrogens is 195 g/mol. The van der Waals surface area contributed by atoms with E-state index in [-0.39, 0.29) is 5.82 Å². The van der Waals surface area contributed by atoms with Gasteiger partial charge in [0, 0.05) is 12.6 Å². The van der Waals surface area contributed by atoms with E-state index in [0.29, 0.717) is 17.0 Å². The smallest absolute Gasteiger partial charge is 0.157 e. The van der Waals surface area contributed by atoms with Crippen molar-refractivity contribution in [1.29, 1.82) is 0 Å². The number of halogens is 1. The third-order valence-corrected chi connectivity index (χ3v) is 2.21. The molecule has 0 saturated carbocycles. The number of rotatable bonds is 2. The predicted molar refractivity (Wildman–Crippen MR) is 56.2 cm³/mol. The fourth-order valence-electron chi connectivity index (χ4n) is 1.50. The monoisotopic (exact) mass is 206 g/mol. The van der Waals surface area contributed by atoms with Gasteiger partial charge in [-0.25, -0.2) is 4.39 Å². The average molecular weight is 206 g/mol. The summed E-state index contributed by atoms with van der Waals surface area (Å²) in [7, 11) is 1.78. The molecule has 0 saturated heterocycles. The Balaban J connectivity index is 2.54. The molecule has 4 heteroatoms. The first-order valence-corrected chi connectivity index (χ1v) is 4.62. The van der Waals surface area contributed by atoms with Crippen molar-refractivity contribution < 1.29 is 8.91 Å². The second kappa shape index (κ2) is 3.73. The molecule has 0 aliphatic rings. The van der Waals surface area contributed by atoms with Gasteiger partial charge in [0.25, 0.3) is 0 Å². The van der Waals surface area contributed by atoms with E-state index in [1.807, 2.05) is 6.92 Å². The number of nitrogens with one attached hydrogen (secondary N) is 1. The van der Waals surface area contributed by atoms with Gasteiger partial charge in [0.15, 0.2) is 5.76 Å². The molecule has 0 aliphatic heterocycles. The highest BCUT2D eigenvalue weighted by Crippen LogP contribution is 2.29. The highest BCUT2D eigenvalue weighted by Gasteiger charge is 2.13. The highest BCUT2D eigenvalue weighted by molar-refractivity contribution is 5.75. The van der Waals surface area contributed by atoms with Crippen LogP contribution in [0, 0.1) is 12.7 Å². The van der Waals surface area contributed by atoms with E-state index in [0.717, 1.165) is 5.69 Å². The normalized spacial score (nSPS) is 10.3. The molecular formula is C11H11FN2O.